The molecule has 4 aromatic heterocycles. The van der Waals surface area contributed by atoms with Crippen LogP contribution in [0, 0.1) is 5.92 Å². The number of piperidine rings is 2. The summed E-state index contributed by atoms with van der Waals surface area (Å²) in [5, 5.41) is 13.5. The highest BCUT2D eigenvalue weighted by Gasteiger charge is 2.34. The minimum atomic E-state index is -2.86. The van der Waals surface area contributed by atoms with Gasteiger partial charge in [0.1, 0.15) is 17.4 Å². The predicted molar refractivity (Wildman–Crippen MR) is 210 cm³/mol. The van der Waals surface area contributed by atoms with Crippen molar-refractivity contribution < 1.29 is 23.2 Å². The molecule has 6 heterocycles. The lowest BCUT2D eigenvalue weighted by atomic mass is 9.85. The molecule has 5 aromatic rings. The number of rotatable bonds is 10. The normalized spacial score (nSPS) is 20.9. The number of benzene rings is 1. The molecule has 0 radical (unpaired) electrons. The number of nitrogens with zero attached hydrogens (tertiary/aromatic N) is 10. The number of imidazole rings is 1. The Labute approximate surface area is 327 Å². The zero-order valence-electron chi connectivity index (χ0n) is 32.6. The summed E-state index contributed by atoms with van der Waals surface area (Å²) in [7, 11) is 7.57. The van der Waals surface area contributed by atoms with Crippen molar-refractivity contribution in [3.05, 3.63) is 64.6 Å². The fourth-order valence-electron chi connectivity index (χ4n) is 8.91. The fraction of sp³-hybridized carbons (Fsp3) is 0.513. The third-order valence-corrected chi connectivity index (χ3v) is 12.0. The Morgan fingerprint density at radius 3 is 2.47 bits per heavy atom. The number of fused-ring (bicyclic) bond motifs is 2. The summed E-state index contributed by atoms with van der Waals surface area (Å²) in [5.41, 5.74) is 2.17. The van der Waals surface area contributed by atoms with Crippen molar-refractivity contribution in [3.63, 3.8) is 0 Å². The largest absolute Gasteiger partial charge is 0.370 e. The first kappa shape index (κ1) is 38.2. The van der Waals surface area contributed by atoms with Crippen molar-refractivity contribution in [1.29, 1.82) is 0 Å². The molecule has 302 valence electrons. The van der Waals surface area contributed by atoms with Crippen molar-refractivity contribution in [2.24, 2.45) is 13.0 Å². The summed E-state index contributed by atoms with van der Waals surface area (Å²) in [6.07, 6.45) is 7.56. The number of hydrogen-bond donors (Lipinski definition) is 2. The number of aromatic nitrogens is 7. The van der Waals surface area contributed by atoms with Crippen LogP contribution in [-0.4, -0.2) is 103 Å². The molecule has 3 fully saturated rings. The molecule has 3 aliphatic rings. The Hall–Kier alpha value is -5.65. The Morgan fingerprint density at radius 1 is 1.02 bits per heavy atom. The van der Waals surface area contributed by atoms with E-state index in [9.17, 15) is 28.0 Å². The van der Waals surface area contributed by atoms with Gasteiger partial charge in [0, 0.05) is 65.6 Å². The number of carbonyl (C=O) groups is 3. The number of amides is 3. The summed E-state index contributed by atoms with van der Waals surface area (Å²) in [6.45, 7) is 2.56. The van der Waals surface area contributed by atoms with Crippen LogP contribution in [0.15, 0.2) is 47.7 Å². The van der Waals surface area contributed by atoms with Crippen LogP contribution in [0.4, 0.5) is 26.0 Å². The number of halogens is 2. The van der Waals surface area contributed by atoms with Gasteiger partial charge in [-0.1, -0.05) is 6.07 Å². The van der Waals surface area contributed by atoms with E-state index in [2.05, 4.69) is 42.7 Å². The molecule has 2 N–H and O–H groups in total. The highest BCUT2D eigenvalue weighted by molar-refractivity contribution is 6.08. The molecule has 16 nitrogen and oxygen atoms in total. The van der Waals surface area contributed by atoms with Gasteiger partial charge in [-0.05, 0) is 76.1 Å². The maximum Gasteiger partial charge on any atom is 0.329 e. The van der Waals surface area contributed by atoms with Crippen LogP contribution >= 0.6 is 0 Å². The Kier molecular flexibility index (Phi) is 10.3. The van der Waals surface area contributed by atoms with E-state index < -0.39 is 30.0 Å². The first-order valence-corrected chi connectivity index (χ1v) is 19.6. The third kappa shape index (κ3) is 7.26. The van der Waals surface area contributed by atoms with Crippen molar-refractivity contribution in [2.45, 2.75) is 75.9 Å². The first-order valence-electron chi connectivity index (χ1n) is 19.6. The second kappa shape index (κ2) is 15.4. The second-order valence-electron chi connectivity index (χ2n) is 15.8. The van der Waals surface area contributed by atoms with Gasteiger partial charge in [0.2, 0.25) is 11.8 Å². The molecule has 18 heteroatoms. The lowest BCUT2D eigenvalue weighted by Gasteiger charge is -2.40. The van der Waals surface area contributed by atoms with Gasteiger partial charge in [-0.3, -0.25) is 33.5 Å². The Morgan fingerprint density at radius 2 is 1.77 bits per heavy atom. The van der Waals surface area contributed by atoms with Gasteiger partial charge < -0.3 is 20.0 Å². The second-order valence-corrected chi connectivity index (χ2v) is 15.8. The van der Waals surface area contributed by atoms with Gasteiger partial charge in [-0.25, -0.2) is 23.1 Å². The zero-order chi connectivity index (χ0) is 40.1. The smallest absolute Gasteiger partial charge is 0.329 e. The molecule has 1 aromatic carbocycles. The van der Waals surface area contributed by atoms with Crippen LogP contribution in [0.5, 0.6) is 0 Å². The summed E-state index contributed by atoms with van der Waals surface area (Å²) in [6, 6.07) is 7.18. The number of para-hydroxylation sites is 1. The first-order chi connectivity index (χ1) is 27.4. The minimum absolute atomic E-state index is 0.0170. The highest BCUT2D eigenvalue weighted by atomic mass is 19.3. The lowest BCUT2D eigenvalue weighted by Crippen LogP contribution is -2.45. The third-order valence-electron chi connectivity index (χ3n) is 12.0. The van der Waals surface area contributed by atoms with Crippen LogP contribution < -0.4 is 26.1 Å². The highest BCUT2D eigenvalue weighted by Crippen LogP contribution is 2.37. The van der Waals surface area contributed by atoms with E-state index in [0.717, 1.165) is 69.4 Å². The molecule has 2 saturated heterocycles. The van der Waals surface area contributed by atoms with Gasteiger partial charge in [-0.15, -0.1) is 0 Å². The molecule has 3 amide bonds. The van der Waals surface area contributed by atoms with Gasteiger partial charge in [0.05, 0.1) is 34.6 Å². The summed E-state index contributed by atoms with van der Waals surface area (Å²) < 4.78 is 34.6. The molecule has 8 rings (SSSR count). The number of carbonyl (C=O) groups excluding carboxylic acids is 3. The molecule has 1 unspecified atom stereocenters. The lowest BCUT2D eigenvalue weighted by molar-refractivity contribution is -0.135. The maximum atomic E-state index is 14.2. The average Bonchev–Trinajstić information content (AvgIpc) is 3.89. The van der Waals surface area contributed by atoms with Crippen LogP contribution in [0.2, 0.25) is 0 Å². The minimum Gasteiger partial charge on any atom is -0.370 e. The number of hydrogen-bond acceptors (Lipinski definition) is 10. The molecule has 1 saturated carbocycles. The number of alkyl halides is 2. The summed E-state index contributed by atoms with van der Waals surface area (Å²) >= 11 is 0. The summed E-state index contributed by atoms with van der Waals surface area (Å²) in [4.78, 5) is 62.3. The molecule has 0 bridgehead atoms. The Bertz CT molecular complexity index is 2380. The zero-order valence-corrected chi connectivity index (χ0v) is 32.6. The number of imide groups is 1. The van der Waals surface area contributed by atoms with E-state index in [1.54, 1.807) is 33.5 Å². The van der Waals surface area contributed by atoms with Crippen LogP contribution in [0.25, 0.3) is 16.7 Å². The molecular formula is C39H48F2N12O4. The van der Waals surface area contributed by atoms with Crippen molar-refractivity contribution in [3.8, 4) is 0 Å². The standard InChI is InChI=1S/C39H48F2N12O4/c1-47(2)31-16-19-51-36(44-31)26(20-42-51)37(55)43-27-22-52(46-33(27)35(40)41)25-10-8-23(9-11-25)21-48(3)24-14-17-50(18-15-24)28-6-5-7-29-34(28)49(4)39(57)53(29)30-12-13-32(54)45-38(30)56/h5-7,16,19-20,22-25,30,35H,8-15,17-18,21H2,1-4H3,(H,43,55)(H,45,54,56). The summed E-state index contributed by atoms with van der Waals surface area (Å²) in [5.74, 6) is -0.259. The van der Waals surface area contributed by atoms with E-state index in [1.807, 2.05) is 32.3 Å². The van der Waals surface area contributed by atoms with Gasteiger partial charge in [-0.2, -0.15) is 10.2 Å². The Balaban J connectivity index is 0.869. The van der Waals surface area contributed by atoms with E-state index in [4.69, 9.17) is 0 Å². The molecule has 1 aliphatic carbocycles. The van der Waals surface area contributed by atoms with Gasteiger partial charge >= 0.3 is 5.69 Å². The maximum absolute atomic E-state index is 14.2. The van der Waals surface area contributed by atoms with Crippen molar-refractivity contribution >= 4 is 51.6 Å². The van der Waals surface area contributed by atoms with Crippen molar-refractivity contribution in [1.82, 2.24) is 43.7 Å². The molecule has 1 atom stereocenters. The monoisotopic (exact) mass is 786 g/mol. The van der Waals surface area contributed by atoms with E-state index in [-0.39, 0.29) is 35.3 Å². The molecular weight excluding hydrogens is 739 g/mol. The van der Waals surface area contributed by atoms with Gasteiger partial charge in [0.25, 0.3) is 12.3 Å². The topological polar surface area (TPSA) is 160 Å². The van der Waals surface area contributed by atoms with Crippen LogP contribution in [0.1, 0.15) is 85.9 Å². The van der Waals surface area contributed by atoms with Crippen molar-refractivity contribution in [2.75, 3.05) is 55.9 Å². The quantitative estimate of drug-likeness (QED) is 0.197. The molecule has 0 spiro atoms. The SMILES string of the molecule is CN(C)c1ccn2ncc(C(=O)Nc3cn(C4CCC(CN(C)C5CCN(c6cccc7c6n(C)c(=O)n7C6CCC(=O)NC6=O)CC5)CC4)nc3C(F)F)c2n1. The number of nitrogens with one attached hydrogen (secondary N) is 2. The number of anilines is 3. The van der Waals surface area contributed by atoms with Crippen LogP contribution in [-0.2, 0) is 16.6 Å². The van der Waals surface area contributed by atoms with E-state index >= 15 is 0 Å². The van der Waals surface area contributed by atoms with Gasteiger partial charge in [0.15, 0.2) is 11.3 Å². The van der Waals surface area contributed by atoms with Crippen LogP contribution in [0.3, 0.4) is 0 Å². The predicted octanol–water partition coefficient (Wildman–Crippen LogP) is 4.14. The molecule has 2 aliphatic heterocycles. The number of aryl methyl sites for hydroxylation is 1. The average molecular weight is 787 g/mol. The fourth-order valence-corrected chi connectivity index (χ4v) is 8.91. The van der Waals surface area contributed by atoms with E-state index in [1.165, 1.54) is 21.5 Å². The van der Waals surface area contributed by atoms with E-state index in [0.29, 0.717) is 35.4 Å². The molecule has 57 heavy (non-hydrogen) atoms.